The van der Waals surface area contributed by atoms with E-state index in [9.17, 15) is 0 Å². The van der Waals surface area contributed by atoms with Crippen molar-refractivity contribution < 1.29 is 9.47 Å². The standard InChI is InChI=1S/C13H18N4O2S/c1-4-12-15-16-13(17(12)14)20-8-9-7-10(18-2)5-6-11(9)19-3/h5-7H,4,8,14H2,1-3H3. The van der Waals surface area contributed by atoms with Crippen LogP contribution in [0.5, 0.6) is 11.5 Å². The summed E-state index contributed by atoms with van der Waals surface area (Å²) >= 11 is 1.51. The van der Waals surface area contributed by atoms with E-state index >= 15 is 0 Å². The Hall–Kier alpha value is -1.89. The van der Waals surface area contributed by atoms with Gasteiger partial charge in [-0.15, -0.1) is 10.2 Å². The number of hydrogen-bond acceptors (Lipinski definition) is 6. The van der Waals surface area contributed by atoms with Gasteiger partial charge in [0, 0.05) is 17.7 Å². The molecule has 20 heavy (non-hydrogen) atoms. The third-order valence-electron chi connectivity index (χ3n) is 2.90. The second-order valence-corrected chi connectivity index (χ2v) is 5.03. The Morgan fingerprint density at radius 2 is 2.05 bits per heavy atom. The minimum absolute atomic E-state index is 0.680. The maximum absolute atomic E-state index is 5.92. The van der Waals surface area contributed by atoms with Crippen LogP contribution in [-0.4, -0.2) is 29.1 Å². The quantitative estimate of drug-likeness (QED) is 0.647. The van der Waals surface area contributed by atoms with E-state index in [4.69, 9.17) is 15.3 Å². The largest absolute Gasteiger partial charge is 0.497 e. The summed E-state index contributed by atoms with van der Waals surface area (Å²) in [6, 6.07) is 5.71. The summed E-state index contributed by atoms with van der Waals surface area (Å²) in [5, 5.41) is 8.80. The molecule has 6 nitrogen and oxygen atoms in total. The highest BCUT2D eigenvalue weighted by atomic mass is 32.2. The van der Waals surface area contributed by atoms with Gasteiger partial charge in [-0.25, -0.2) is 4.68 Å². The number of rotatable bonds is 6. The van der Waals surface area contributed by atoms with Crippen molar-refractivity contribution in [1.29, 1.82) is 0 Å². The van der Waals surface area contributed by atoms with Gasteiger partial charge in [-0.1, -0.05) is 18.7 Å². The van der Waals surface area contributed by atoms with Gasteiger partial charge in [0.1, 0.15) is 11.5 Å². The number of hydrogen-bond donors (Lipinski definition) is 1. The van der Waals surface area contributed by atoms with Gasteiger partial charge in [0.25, 0.3) is 0 Å². The van der Waals surface area contributed by atoms with Crippen LogP contribution in [0.2, 0.25) is 0 Å². The molecule has 0 fully saturated rings. The smallest absolute Gasteiger partial charge is 0.210 e. The Bertz CT molecular complexity index is 586. The van der Waals surface area contributed by atoms with Crippen LogP contribution in [0.15, 0.2) is 23.4 Å². The third-order valence-corrected chi connectivity index (χ3v) is 3.89. The van der Waals surface area contributed by atoms with Gasteiger partial charge < -0.3 is 15.3 Å². The zero-order valence-electron chi connectivity index (χ0n) is 11.8. The average Bonchev–Trinajstić information content (AvgIpc) is 2.85. The number of nitrogens with two attached hydrogens (primary N) is 1. The molecule has 2 N–H and O–H groups in total. The molecule has 0 saturated heterocycles. The van der Waals surface area contributed by atoms with Crippen LogP contribution in [0.25, 0.3) is 0 Å². The van der Waals surface area contributed by atoms with Crippen LogP contribution in [-0.2, 0) is 12.2 Å². The number of nitrogens with zero attached hydrogens (tertiary/aromatic N) is 3. The maximum atomic E-state index is 5.92. The van der Waals surface area contributed by atoms with Crippen molar-refractivity contribution >= 4 is 11.8 Å². The van der Waals surface area contributed by atoms with E-state index in [0.29, 0.717) is 10.9 Å². The van der Waals surface area contributed by atoms with Gasteiger partial charge in [0.05, 0.1) is 14.2 Å². The molecule has 0 bridgehead atoms. The predicted octanol–water partition coefficient (Wildman–Crippen LogP) is 1.86. The Kier molecular flexibility index (Phi) is 4.73. The molecule has 1 heterocycles. The van der Waals surface area contributed by atoms with E-state index in [1.165, 1.54) is 16.4 Å². The topological polar surface area (TPSA) is 75.2 Å². The predicted molar refractivity (Wildman–Crippen MR) is 78.7 cm³/mol. The molecule has 2 aromatic rings. The Labute approximate surface area is 122 Å². The molecule has 0 amide bonds. The monoisotopic (exact) mass is 294 g/mol. The van der Waals surface area contributed by atoms with Gasteiger partial charge in [-0.05, 0) is 18.2 Å². The van der Waals surface area contributed by atoms with Gasteiger partial charge in [0.2, 0.25) is 5.16 Å². The zero-order valence-corrected chi connectivity index (χ0v) is 12.6. The fraction of sp³-hybridized carbons (Fsp3) is 0.385. The number of aryl methyl sites for hydroxylation is 1. The Balaban J connectivity index is 2.15. The SMILES string of the molecule is CCc1nnc(SCc2cc(OC)ccc2OC)n1N. The van der Waals surface area contributed by atoms with Crippen LogP contribution in [0.1, 0.15) is 18.3 Å². The molecule has 2 rings (SSSR count). The molecular weight excluding hydrogens is 276 g/mol. The van der Waals surface area contributed by atoms with Crippen molar-refractivity contribution in [2.75, 3.05) is 20.1 Å². The molecule has 0 saturated carbocycles. The molecule has 0 unspecified atom stereocenters. The summed E-state index contributed by atoms with van der Waals surface area (Å²) in [5.41, 5.74) is 1.03. The number of thioether (sulfide) groups is 1. The second-order valence-electron chi connectivity index (χ2n) is 4.09. The lowest BCUT2D eigenvalue weighted by atomic mass is 10.2. The first-order chi connectivity index (χ1) is 9.69. The van der Waals surface area contributed by atoms with E-state index in [2.05, 4.69) is 10.2 Å². The third kappa shape index (κ3) is 2.98. The first kappa shape index (κ1) is 14.5. The van der Waals surface area contributed by atoms with E-state index < -0.39 is 0 Å². The lowest BCUT2D eigenvalue weighted by molar-refractivity contribution is 0.400. The van der Waals surface area contributed by atoms with Gasteiger partial charge in [0.15, 0.2) is 5.82 Å². The zero-order chi connectivity index (χ0) is 14.5. The minimum atomic E-state index is 0.680. The number of aromatic nitrogens is 3. The van der Waals surface area contributed by atoms with Crippen LogP contribution >= 0.6 is 11.8 Å². The highest BCUT2D eigenvalue weighted by Gasteiger charge is 2.11. The van der Waals surface area contributed by atoms with E-state index in [1.54, 1.807) is 14.2 Å². The highest BCUT2D eigenvalue weighted by Crippen LogP contribution is 2.29. The summed E-state index contributed by atoms with van der Waals surface area (Å²) in [5.74, 6) is 8.98. The fourth-order valence-corrected chi connectivity index (χ4v) is 2.64. The van der Waals surface area contributed by atoms with Crippen LogP contribution in [0.4, 0.5) is 0 Å². The van der Waals surface area contributed by atoms with E-state index in [0.717, 1.165) is 29.3 Å². The molecule has 0 spiro atoms. The summed E-state index contributed by atoms with van der Waals surface area (Å²) in [7, 11) is 3.29. The second kappa shape index (κ2) is 6.51. The highest BCUT2D eigenvalue weighted by molar-refractivity contribution is 7.98. The molecule has 1 aromatic carbocycles. The van der Waals surface area contributed by atoms with Crippen LogP contribution < -0.4 is 15.3 Å². The number of methoxy groups -OCH3 is 2. The van der Waals surface area contributed by atoms with E-state index in [1.807, 2.05) is 25.1 Å². The van der Waals surface area contributed by atoms with Crippen molar-refractivity contribution in [1.82, 2.24) is 14.9 Å². The van der Waals surface area contributed by atoms with Crippen molar-refractivity contribution in [3.63, 3.8) is 0 Å². The number of nitrogen functional groups attached to an aromatic ring is 1. The van der Waals surface area contributed by atoms with Crippen LogP contribution in [0, 0.1) is 0 Å². The van der Waals surface area contributed by atoms with E-state index in [-0.39, 0.29) is 0 Å². The van der Waals surface area contributed by atoms with Gasteiger partial charge in [-0.2, -0.15) is 0 Å². The lowest BCUT2D eigenvalue weighted by Crippen LogP contribution is -2.13. The average molecular weight is 294 g/mol. The summed E-state index contributed by atoms with van der Waals surface area (Å²) < 4.78 is 12.1. The van der Waals surface area contributed by atoms with Gasteiger partial charge in [-0.3, -0.25) is 0 Å². The van der Waals surface area contributed by atoms with Gasteiger partial charge >= 0.3 is 0 Å². The molecule has 0 atom stereocenters. The maximum Gasteiger partial charge on any atom is 0.210 e. The lowest BCUT2D eigenvalue weighted by Gasteiger charge is -2.10. The number of benzene rings is 1. The summed E-state index contributed by atoms with van der Waals surface area (Å²) in [4.78, 5) is 0. The van der Waals surface area contributed by atoms with Crippen LogP contribution in [0.3, 0.4) is 0 Å². The molecular formula is C13H18N4O2S. The molecule has 0 aliphatic heterocycles. The normalized spacial score (nSPS) is 10.6. The summed E-state index contributed by atoms with van der Waals surface area (Å²) in [6.07, 6.45) is 0.756. The first-order valence-electron chi connectivity index (χ1n) is 6.22. The first-order valence-corrected chi connectivity index (χ1v) is 7.21. The molecule has 0 aliphatic carbocycles. The Morgan fingerprint density at radius 1 is 1.25 bits per heavy atom. The molecule has 0 radical (unpaired) electrons. The molecule has 1 aromatic heterocycles. The molecule has 108 valence electrons. The fourth-order valence-electron chi connectivity index (χ4n) is 1.78. The van der Waals surface area contributed by atoms with Crippen molar-refractivity contribution in [2.24, 2.45) is 0 Å². The van der Waals surface area contributed by atoms with Crippen molar-refractivity contribution in [3.8, 4) is 11.5 Å². The van der Waals surface area contributed by atoms with Crippen molar-refractivity contribution in [2.45, 2.75) is 24.3 Å². The summed E-state index contributed by atoms with van der Waals surface area (Å²) in [6.45, 7) is 1.99. The molecule has 0 aliphatic rings. The molecule has 7 heteroatoms. The minimum Gasteiger partial charge on any atom is -0.497 e. The van der Waals surface area contributed by atoms with Crippen molar-refractivity contribution in [3.05, 3.63) is 29.6 Å². The Morgan fingerprint density at radius 3 is 2.65 bits per heavy atom. The number of ether oxygens (including phenoxy) is 2.